The largest absolute Gasteiger partial charge is 0.491 e. The fourth-order valence-corrected chi connectivity index (χ4v) is 3.00. The summed E-state index contributed by atoms with van der Waals surface area (Å²) in [4.78, 5) is 0. The van der Waals surface area contributed by atoms with Gasteiger partial charge < -0.3 is 15.2 Å². The van der Waals surface area contributed by atoms with Crippen molar-refractivity contribution < 1.29 is 9.84 Å². The van der Waals surface area contributed by atoms with Crippen molar-refractivity contribution in [2.24, 2.45) is 5.92 Å². The van der Waals surface area contributed by atoms with Gasteiger partial charge in [-0.05, 0) is 55.9 Å². The second kappa shape index (κ2) is 7.09. The Bertz CT molecular complexity index is 413. The molecule has 1 aliphatic rings. The van der Waals surface area contributed by atoms with Gasteiger partial charge in [0.1, 0.15) is 18.5 Å². The van der Waals surface area contributed by atoms with Gasteiger partial charge in [0, 0.05) is 12.6 Å². The van der Waals surface area contributed by atoms with Crippen LogP contribution >= 0.6 is 0 Å². The monoisotopic (exact) mass is 277 g/mol. The SMILES string of the molecule is Cc1cc(C)cc(OCC(O)CNC2CCCC2C)c1. The standard InChI is InChI=1S/C17H27NO2/c1-12-7-13(2)9-16(8-12)20-11-15(19)10-18-17-6-4-5-14(17)3/h7-9,14-15,17-19H,4-6,10-11H2,1-3H3. The van der Waals surface area contributed by atoms with Crippen LogP contribution < -0.4 is 10.1 Å². The van der Waals surface area contributed by atoms with E-state index < -0.39 is 6.10 Å². The Kier molecular flexibility index (Phi) is 5.44. The summed E-state index contributed by atoms with van der Waals surface area (Å²) in [6.07, 6.45) is 3.37. The van der Waals surface area contributed by atoms with Crippen LogP contribution in [0.3, 0.4) is 0 Å². The van der Waals surface area contributed by atoms with Crippen LogP contribution in [-0.2, 0) is 0 Å². The normalized spacial score (nSPS) is 23.8. The zero-order valence-corrected chi connectivity index (χ0v) is 12.9. The fraction of sp³-hybridized carbons (Fsp3) is 0.647. The van der Waals surface area contributed by atoms with Gasteiger partial charge in [-0.15, -0.1) is 0 Å². The van der Waals surface area contributed by atoms with Crippen LogP contribution in [0.15, 0.2) is 18.2 Å². The molecule has 1 fully saturated rings. The van der Waals surface area contributed by atoms with Crippen molar-refractivity contribution in [1.29, 1.82) is 0 Å². The minimum absolute atomic E-state index is 0.344. The number of benzene rings is 1. The molecule has 1 aromatic carbocycles. The molecular formula is C17H27NO2. The molecule has 0 spiro atoms. The highest BCUT2D eigenvalue weighted by atomic mass is 16.5. The summed E-state index contributed by atoms with van der Waals surface area (Å²) in [5, 5.41) is 13.5. The smallest absolute Gasteiger partial charge is 0.119 e. The average Bonchev–Trinajstić information content (AvgIpc) is 2.78. The Hall–Kier alpha value is -1.06. The van der Waals surface area contributed by atoms with E-state index in [0.29, 0.717) is 19.2 Å². The highest BCUT2D eigenvalue weighted by Crippen LogP contribution is 2.24. The molecule has 112 valence electrons. The zero-order chi connectivity index (χ0) is 14.5. The predicted octanol–water partition coefficient (Wildman–Crippen LogP) is 2.82. The topological polar surface area (TPSA) is 41.5 Å². The van der Waals surface area contributed by atoms with Crippen LogP contribution in [0.1, 0.15) is 37.3 Å². The first-order valence-corrected chi connectivity index (χ1v) is 7.67. The Balaban J connectivity index is 1.73. The first-order chi connectivity index (χ1) is 9.54. The van der Waals surface area contributed by atoms with Crippen LogP contribution in [-0.4, -0.2) is 30.4 Å². The van der Waals surface area contributed by atoms with Gasteiger partial charge in [0.05, 0.1) is 0 Å². The third-order valence-electron chi connectivity index (χ3n) is 4.11. The van der Waals surface area contributed by atoms with Crippen LogP contribution in [0.4, 0.5) is 0 Å². The van der Waals surface area contributed by atoms with Crippen molar-refractivity contribution in [1.82, 2.24) is 5.32 Å². The quantitative estimate of drug-likeness (QED) is 0.840. The van der Waals surface area contributed by atoms with E-state index in [0.717, 1.165) is 11.7 Å². The Labute approximate surface area is 122 Å². The molecule has 3 atom stereocenters. The van der Waals surface area contributed by atoms with Crippen molar-refractivity contribution in [2.75, 3.05) is 13.2 Å². The van der Waals surface area contributed by atoms with E-state index >= 15 is 0 Å². The minimum atomic E-state index is -0.455. The molecule has 20 heavy (non-hydrogen) atoms. The van der Waals surface area contributed by atoms with E-state index in [1.807, 2.05) is 12.1 Å². The van der Waals surface area contributed by atoms with Gasteiger partial charge in [-0.2, -0.15) is 0 Å². The molecule has 0 aliphatic heterocycles. The van der Waals surface area contributed by atoms with E-state index in [2.05, 4.69) is 32.2 Å². The number of hydrogen-bond donors (Lipinski definition) is 2. The third kappa shape index (κ3) is 4.50. The number of ether oxygens (including phenoxy) is 1. The minimum Gasteiger partial charge on any atom is -0.491 e. The van der Waals surface area contributed by atoms with Gasteiger partial charge in [-0.1, -0.05) is 19.4 Å². The van der Waals surface area contributed by atoms with Crippen LogP contribution in [0.5, 0.6) is 5.75 Å². The lowest BCUT2D eigenvalue weighted by Crippen LogP contribution is -2.39. The summed E-state index contributed by atoms with van der Waals surface area (Å²) in [7, 11) is 0. The molecule has 2 N–H and O–H groups in total. The van der Waals surface area contributed by atoms with Crippen molar-refractivity contribution in [2.45, 2.75) is 52.2 Å². The molecule has 2 rings (SSSR count). The zero-order valence-electron chi connectivity index (χ0n) is 12.9. The number of hydrogen-bond acceptors (Lipinski definition) is 3. The number of aliphatic hydroxyl groups is 1. The second-order valence-corrected chi connectivity index (χ2v) is 6.21. The number of rotatable bonds is 6. The lowest BCUT2D eigenvalue weighted by atomic mass is 10.1. The molecule has 0 amide bonds. The molecule has 0 aromatic heterocycles. The van der Waals surface area contributed by atoms with Gasteiger partial charge in [0.25, 0.3) is 0 Å². The van der Waals surface area contributed by atoms with Gasteiger partial charge in [-0.25, -0.2) is 0 Å². The number of aliphatic hydroxyl groups excluding tert-OH is 1. The second-order valence-electron chi connectivity index (χ2n) is 6.21. The van der Waals surface area contributed by atoms with Crippen molar-refractivity contribution in [3.8, 4) is 5.75 Å². The van der Waals surface area contributed by atoms with Gasteiger partial charge in [0.2, 0.25) is 0 Å². The average molecular weight is 277 g/mol. The summed E-state index contributed by atoms with van der Waals surface area (Å²) in [5.74, 6) is 1.57. The molecule has 1 saturated carbocycles. The molecule has 0 bridgehead atoms. The van der Waals surface area contributed by atoms with Gasteiger partial charge >= 0.3 is 0 Å². The van der Waals surface area contributed by atoms with E-state index in [1.54, 1.807) is 0 Å². The van der Waals surface area contributed by atoms with E-state index in [-0.39, 0.29) is 0 Å². The van der Waals surface area contributed by atoms with Crippen LogP contribution in [0, 0.1) is 19.8 Å². The molecule has 1 aromatic rings. The summed E-state index contributed by atoms with van der Waals surface area (Å²) in [6, 6.07) is 6.69. The summed E-state index contributed by atoms with van der Waals surface area (Å²) >= 11 is 0. The Morgan fingerprint density at radius 2 is 1.95 bits per heavy atom. The van der Waals surface area contributed by atoms with E-state index in [9.17, 15) is 5.11 Å². The van der Waals surface area contributed by atoms with Crippen LogP contribution in [0.2, 0.25) is 0 Å². The highest BCUT2D eigenvalue weighted by Gasteiger charge is 2.23. The molecule has 3 heteroatoms. The summed E-state index contributed by atoms with van der Waals surface area (Å²) in [6.45, 7) is 7.35. The maximum atomic E-state index is 10.0. The van der Waals surface area contributed by atoms with Gasteiger partial charge in [-0.3, -0.25) is 0 Å². The van der Waals surface area contributed by atoms with E-state index in [1.165, 1.54) is 30.4 Å². The number of aryl methyl sites for hydroxylation is 2. The lowest BCUT2D eigenvalue weighted by molar-refractivity contribution is 0.102. The first kappa shape index (κ1) is 15.3. The lowest BCUT2D eigenvalue weighted by Gasteiger charge is -2.20. The summed E-state index contributed by atoms with van der Waals surface area (Å²) in [5.41, 5.74) is 2.37. The van der Waals surface area contributed by atoms with Crippen molar-refractivity contribution in [3.05, 3.63) is 29.3 Å². The Morgan fingerprint density at radius 1 is 1.25 bits per heavy atom. The summed E-state index contributed by atoms with van der Waals surface area (Å²) < 4.78 is 5.68. The molecule has 3 unspecified atom stereocenters. The third-order valence-corrected chi connectivity index (χ3v) is 4.11. The first-order valence-electron chi connectivity index (χ1n) is 7.67. The maximum Gasteiger partial charge on any atom is 0.119 e. The van der Waals surface area contributed by atoms with Crippen LogP contribution in [0.25, 0.3) is 0 Å². The fourth-order valence-electron chi connectivity index (χ4n) is 3.00. The molecule has 3 nitrogen and oxygen atoms in total. The Morgan fingerprint density at radius 3 is 2.55 bits per heavy atom. The molecule has 0 radical (unpaired) electrons. The maximum absolute atomic E-state index is 10.0. The molecule has 0 heterocycles. The highest BCUT2D eigenvalue weighted by molar-refractivity contribution is 5.32. The van der Waals surface area contributed by atoms with E-state index in [4.69, 9.17) is 4.74 Å². The van der Waals surface area contributed by atoms with Crippen molar-refractivity contribution >= 4 is 0 Å². The molecule has 1 aliphatic carbocycles. The molecule has 0 saturated heterocycles. The van der Waals surface area contributed by atoms with Gasteiger partial charge in [0.15, 0.2) is 0 Å². The number of nitrogens with one attached hydrogen (secondary N) is 1. The molecular weight excluding hydrogens is 250 g/mol. The van der Waals surface area contributed by atoms with Crippen molar-refractivity contribution in [3.63, 3.8) is 0 Å². The predicted molar refractivity (Wildman–Crippen MR) is 82.2 cm³/mol.